The Hall–Kier alpha value is -0.390. The van der Waals surface area contributed by atoms with Crippen LogP contribution in [0.15, 0.2) is 0 Å². The molecule has 0 aliphatic heterocycles. The highest BCUT2D eigenvalue weighted by Gasteiger charge is 2.47. The van der Waals surface area contributed by atoms with E-state index in [2.05, 4.69) is 0 Å². The van der Waals surface area contributed by atoms with E-state index in [1.807, 2.05) is 0 Å². The fraction of sp³-hybridized carbons (Fsp3) is 1.00. The Kier molecular flexibility index (Phi) is 3.58. The van der Waals surface area contributed by atoms with Crippen LogP contribution in [0, 0.1) is 11.8 Å². The van der Waals surface area contributed by atoms with E-state index in [1.165, 1.54) is 0 Å². The van der Waals surface area contributed by atoms with Crippen molar-refractivity contribution in [3.63, 3.8) is 0 Å². The molecule has 1 rings (SSSR count). The van der Waals surface area contributed by atoms with Crippen LogP contribution in [0.5, 0.6) is 0 Å². The molecular weight excluding hydrogens is 217 g/mol. The molecule has 1 aliphatic carbocycles. The van der Waals surface area contributed by atoms with Gasteiger partial charge in [-0.25, -0.2) is 8.78 Å². The van der Waals surface area contributed by atoms with Crippen molar-refractivity contribution in [3.05, 3.63) is 0 Å². The lowest BCUT2D eigenvalue weighted by Gasteiger charge is -2.34. The Morgan fingerprint density at radius 3 is 2.00 bits per heavy atom. The zero-order valence-electron chi connectivity index (χ0n) is 8.16. The van der Waals surface area contributed by atoms with Crippen molar-refractivity contribution in [2.24, 2.45) is 17.6 Å². The molecule has 1 unspecified atom stereocenters. The zero-order chi connectivity index (χ0) is 11.7. The number of hydrogen-bond donors (Lipinski definition) is 1. The van der Waals surface area contributed by atoms with Crippen LogP contribution in [0.25, 0.3) is 0 Å². The van der Waals surface area contributed by atoms with Gasteiger partial charge in [0.15, 0.2) is 0 Å². The number of nitrogens with two attached hydrogens (primary N) is 1. The Morgan fingerprint density at radius 1 is 1.20 bits per heavy atom. The monoisotopic (exact) mass is 231 g/mol. The van der Waals surface area contributed by atoms with Crippen molar-refractivity contribution < 1.29 is 22.0 Å². The maximum Gasteiger partial charge on any atom is 0.393 e. The number of hydrogen-bond acceptors (Lipinski definition) is 1. The molecule has 1 fully saturated rings. The third-order valence-corrected chi connectivity index (χ3v) is 3.01. The van der Waals surface area contributed by atoms with Crippen molar-refractivity contribution in [2.45, 2.75) is 37.8 Å². The Bertz CT molecular complexity index is 203. The maximum atomic E-state index is 12.7. The summed E-state index contributed by atoms with van der Waals surface area (Å²) in [6.45, 7) is -0.514. The minimum atomic E-state index is -4.37. The average molecular weight is 231 g/mol. The molecule has 15 heavy (non-hydrogen) atoms. The Balaban J connectivity index is 2.58. The van der Waals surface area contributed by atoms with Crippen molar-refractivity contribution in [3.8, 4) is 0 Å². The first-order valence-corrected chi connectivity index (χ1v) is 4.91. The number of halogens is 5. The van der Waals surface area contributed by atoms with Crippen LogP contribution in [0.3, 0.4) is 0 Å². The van der Waals surface area contributed by atoms with Crippen molar-refractivity contribution in [2.75, 3.05) is 6.54 Å². The molecule has 1 aliphatic rings. The minimum absolute atomic E-state index is 0.0889. The number of rotatable bonds is 2. The fourth-order valence-electron chi connectivity index (χ4n) is 2.06. The quantitative estimate of drug-likeness (QED) is 0.726. The van der Waals surface area contributed by atoms with Crippen LogP contribution in [-0.2, 0) is 0 Å². The zero-order valence-corrected chi connectivity index (χ0v) is 8.16. The van der Waals surface area contributed by atoms with Gasteiger partial charge in [0.2, 0.25) is 5.92 Å². The SMILES string of the molecule is NCC(C1CCC(F)(F)CC1)C(F)(F)F. The topological polar surface area (TPSA) is 26.0 Å². The molecule has 0 radical (unpaired) electrons. The van der Waals surface area contributed by atoms with Gasteiger partial charge in [0.25, 0.3) is 0 Å². The normalized spacial score (nSPS) is 25.2. The molecule has 90 valence electrons. The van der Waals surface area contributed by atoms with Crippen molar-refractivity contribution in [1.29, 1.82) is 0 Å². The molecule has 0 amide bonds. The lowest BCUT2D eigenvalue weighted by molar-refractivity contribution is -0.194. The maximum absolute atomic E-state index is 12.7. The first-order valence-electron chi connectivity index (χ1n) is 4.91. The summed E-state index contributed by atoms with van der Waals surface area (Å²) >= 11 is 0. The van der Waals surface area contributed by atoms with Gasteiger partial charge < -0.3 is 5.73 Å². The van der Waals surface area contributed by atoms with Crippen LogP contribution in [0.2, 0.25) is 0 Å². The molecule has 2 N–H and O–H groups in total. The van der Waals surface area contributed by atoms with E-state index in [0.29, 0.717) is 0 Å². The average Bonchev–Trinajstić information content (AvgIpc) is 2.06. The van der Waals surface area contributed by atoms with Gasteiger partial charge in [-0.15, -0.1) is 0 Å². The van der Waals surface area contributed by atoms with Crippen LogP contribution < -0.4 is 5.73 Å². The van der Waals surface area contributed by atoms with Gasteiger partial charge in [-0.2, -0.15) is 13.2 Å². The minimum Gasteiger partial charge on any atom is -0.330 e. The van der Waals surface area contributed by atoms with E-state index in [9.17, 15) is 22.0 Å². The van der Waals surface area contributed by atoms with E-state index >= 15 is 0 Å². The molecule has 0 aromatic rings. The van der Waals surface area contributed by atoms with Crippen LogP contribution in [0.1, 0.15) is 25.7 Å². The second-order valence-corrected chi connectivity index (χ2v) is 4.08. The van der Waals surface area contributed by atoms with Crippen molar-refractivity contribution in [1.82, 2.24) is 0 Å². The molecule has 0 heterocycles. The molecule has 0 saturated heterocycles. The predicted molar refractivity (Wildman–Crippen MR) is 45.5 cm³/mol. The number of alkyl halides is 5. The second-order valence-electron chi connectivity index (χ2n) is 4.08. The van der Waals surface area contributed by atoms with Gasteiger partial charge in [0.1, 0.15) is 0 Å². The van der Waals surface area contributed by atoms with Gasteiger partial charge in [-0.1, -0.05) is 0 Å². The summed E-state index contributed by atoms with van der Waals surface area (Å²) in [5.41, 5.74) is 5.05. The van der Waals surface area contributed by atoms with Crippen LogP contribution in [0.4, 0.5) is 22.0 Å². The molecule has 0 bridgehead atoms. The van der Waals surface area contributed by atoms with E-state index < -0.39 is 43.3 Å². The summed E-state index contributed by atoms with van der Waals surface area (Å²) in [5, 5.41) is 0. The summed E-state index contributed by atoms with van der Waals surface area (Å²) in [4.78, 5) is 0. The highest BCUT2D eigenvalue weighted by molar-refractivity contribution is 4.84. The third-order valence-electron chi connectivity index (χ3n) is 3.01. The summed E-state index contributed by atoms with van der Waals surface area (Å²) in [6, 6.07) is 0. The van der Waals surface area contributed by atoms with E-state index in [4.69, 9.17) is 5.73 Å². The Labute approximate surface area is 84.8 Å². The van der Waals surface area contributed by atoms with Gasteiger partial charge in [0, 0.05) is 19.4 Å². The molecule has 1 atom stereocenters. The summed E-state index contributed by atoms with van der Waals surface area (Å²) in [7, 11) is 0. The van der Waals surface area contributed by atoms with Gasteiger partial charge in [-0.05, 0) is 18.8 Å². The van der Waals surface area contributed by atoms with Gasteiger partial charge >= 0.3 is 6.18 Å². The molecular formula is C9H14F5N. The first kappa shape index (κ1) is 12.7. The van der Waals surface area contributed by atoms with Gasteiger partial charge in [-0.3, -0.25) is 0 Å². The lowest BCUT2D eigenvalue weighted by Crippen LogP contribution is -2.39. The highest BCUT2D eigenvalue weighted by atomic mass is 19.4. The second kappa shape index (κ2) is 4.23. The molecule has 1 saturated carbocycles. The fourth-order valence-corrected chi connectivity index (χ4v) is 2.06. The predicted octanol–water partition coefficient (Wildman–Crippen LogP) is 2.95. The van der Waals surface area contributed by atoms with Crippen LogP contribution >= 0.6 is 0 Å². The summed E-state index contributed by atoms with van der Waals surface area (Å²) in [6.07, 6.45) is -5.46. The largest absolute Gasteiger partial charge is 0.393 e. The van der Waals surface area contributed by atoms with Crippen LogP contribution in [-0.4, -0.2) is 18.6 Å². The van der Waals surface area contributed by atoms with Gasteiger partial charge in [0.05, 0.1) is 5.92 Å². The lowest BCUT2D eigenvalue weighted by atomic mass is 9.78. The highest BCUT2D eigenvalue weighted by Crippen LogP contribution is 2.43. The Morgan fingerprint density at radius 2 is 1.67 bits per heavy atom. The molecule has 0 aromatic heterocycles. The molecule has 0 spiro atoms. The smallest absolute Gasteiger partial charge is 0.330 e. The summed E-state index contributed by atoms with van der Waals surface area (Å²) < 4.78 is 62.7. The standard InChI is InChI=1S/C9H14F5N/c10-8(11)3-1-6(2-4-8)7(5-15)9(12,13)14/h6-7H,1-5,15H2. The molecule has 0 aromatic carbocycles. The van der Waals surface area contributed by atoms with E-state index in [-0.39, 0.29) is 12.8 Å². The molecule has 1 nitrogen and oxygen atoms in total. The van der Waals surface area contributed by atoms with E-state index in [0.717, 1.165) is 0 Å². The first-order chi connectivity index (χ1) is 6.76. The molecule has 6 heteroatoms. The van der Waals surface area contributed by atoms with Crippen molar-refractivity contribution >= 4 is 0 Å². The summed E-state index contributed by atoms with van der Waals surface area (Å²) in [5.74, 6) is -5.16. The van der Waals surface area contributed by atoms with E-state index in [1.54, 1.807) is 0 Å². The third kappa shape index (κ3) is 3.29.